The van der Waals surface area contributed by atoms with Gasteiger partial charge in [0, 0.05) is 18.3 Å². The van der Waals surface area contributed by atoms with Crippen molar-refractivity contribution in [2.75, 3.05) is 18.8 Å². The minimum Gasteiger partial charge on any atom is -0.330 e. The number of β-lactam (4-membered cyclic amide) rings is 1. The predicted molar refractivity (Wildman–Crippen MR) is 87.6 cm³/mol. The molecule has 1 N–H and O–H groups in total. The first-order valence-electron chi connectivity index (χ1n) is 8.05. The average molecular weight is 312 g/mol. The fourth-order valence-electron chi connectivity index (χ4n) is 3.53. The number of ketones is 1. The molecule has 0 aromatic carbocycles. The third-order valence-electron chi connectivity index (χ3n) is 4.96. The van der Waals surface area contributed by atoms with Crippen LogP contribution in [-0.2, 0) is 9.59 Å². The lowest BCUT2D eigenvalue weighted by molar-refractivity contribution is -0.169. The summed E-state index contributed by atoms with van der Waals surface area (Å²) in [7, 11) is 0. The molecule has 1 amide bonds. The molecule has 2 aliphatic rings. The Morgan fingerprint density at radius 1 is 1.43 bits per heavy atom. The summed E-state index contributed by atoms with van der Waals surface area (Å²) >= 11 is 4.21. The van der Waals surface area contributed by atoms with E-state index in [9.17, 15) is 9.59 Å². The normalized spacial score (nSPS) is 30.6. The SMILES string of the molecule is CC(=O)C(CS)N1CC2(CCC(NCC(C)C)CC2)C1=O. The fourth-order valence-corrected chi connectivity index (χ4v) is 3.98. The summed E-state index contributed by atoms with van der Waals surface area (Å²) in [5, 5.41) is 3.59. The van der Waals surface area contributed by atoms with Crippen LogP contribution in [0.25, 0.3) is 0 Å². The molecule has 1 spiro atoms. The molecule has 0 aromatic rings. The van der Waals surface area contributed by atoms with E-state index in [1.165, 1.54) is 0 Å². The number of hydrogen-bond acceptors (Lipinski definition) is 4. The molecule has 1 aliphatic carbocycles. The Morgan fingerprint density at radius 3 is 2.48 bits per heavy atom. The van der Waals surface area contributed by atoms with E-state index in [1.54, 1.807) is 11.8 Å². The van der Waals surface area contributed by atoms with Crippen LogP contribution >= 0.6 is 12.6 Å². The van der Waals surface area contributed by atoms with Crippen molar-refractivity contribution in [3.05, 3.63) is 0 Å². The molecule has 1 heterocycles. The number of nitrogens with one attached hydrogen (secondary N) is 1. The number of carbonyl (C=O) groups is 2. The van der Waals surface area contributed by atoms with E-state index in [1.807, 2.05) is 0 Å². The highest BCUT2D eigenvalue weighted by Crippen LogP contribution is 2.46. The number of thiol groups is 1. The van der Waals surface area contributed by atoms with Crippen LogP contribution in [0.3, 0.4) is 0 Å². The molecular weight excluding hydrogens is 284 g/mol. The van der Waals surface area contributed by atoms with Gasteiger partial charge in [-0.25, -0.2) is 0 Å². The van der Waals surface area contributed by atoms with Gasteiger partial charge >= 0.3 is 0 Å². The molecule has 2 fully saturated rings. The maximum atomic E-state index is 12.5. The van der Waals surface area contributed by atoms with E-state index in [-0.39, 0.29) is 23.1 Å². The standard InChI is InChI=1S/C16H28N2O2S/c1-11(2)8-17-13-4-6-16(7-5-13)10-18(15(16)20)14(9-21)12(3)19/h11,13-14,17,21H,4-10H2,1-3H3. The van der Waals surface area contributed by atoms with Gasteiger partial charge in [-0.05, 0) is 45.1 Å². The van der Waals surface area contributed by atoms with E-state index in [0.29, 0.717) is 17.7 Å². The number of likely N-dealkylation sites (tertiary alicyclic amines) is 1. The lowest BCUT2D eigenvalue weighted by atomic mass is 9.66. The zero-order valence-electron chi connectivity index (χ0n) is 13.4. The summed E-state index contributed by atoms with van der Waals surface area (Å²) in [6, 6.07) is 0.219. The Kier molecular flexibility index (Phi) is 5.36. The Bertz CT molecular complexity index is 403. The van der Waals surface area contributed by atoms with Crippen LogP contribution in [0.4, 0.5) is 0 Å². The molecule has 4 nitrogen and oxygen atoms in total. The van der Waals surface area contributed by atoms with Crippen molar-refractivity contribution in [2.24, 2.45) is 11.3 Å². The maximum absolute atomic E-state index is 12.5. The van der Waals surface area contributed by atoms with E-state index in [4.69, 9.17) is 0 Å². The van der Waals surface area contributed by atoms with Crippen molar-refractivity contribution in [1.29, 1.82) is 0 Å². The summed E-state index contributed by atoms with van der Waals surface area (Å²) in [4.78, 5) is 25.8. The quantitative estimate of drug-likeness (QED) is 0.582. The summed E-state index contributed by atoms with van der Waals surface area (Å²) in [5.41, 5.74) is -0.174. The molecule has 1 aliphatic heterocycles. The molecule has 0 bridgehead atoms. The predicted octanol–water partition coefficient (Wildman–Crippen LogP) is 1.89. The lowest BCUT2D eigenvalue weighted by Crippen LogP contribution is -2.67. The van der Waals surface area contributed by atoms with Gasteiger partial charge in [-0.1, -0.05) is 13.8 Å². The molecule has 1 atom stereocenters. The van der Waals surface area contributed by atoms with Gasteiger partial charge in [0.15, 0.2) is 5.78 Å². The second-order valence-corrected chi connectivity index (χ2v) is 7.46. The molecule has 0 radical (unpaired) electrons. The topological polar surface area (TPSA) is 49.4 Å². The van der Waals surface area contributed by atoms with Gasteiger partial charge in [0.05, 0.1) is 11.5 Å². The summed E-state index contributed by atoms with van der Waals surface area (Å²) in [5.74, 6) is 1.31. The minimum absolute atomic E-state index is 0.0421. The third-order valence-corrected chi connectivity index (χ3v) is 5.31. The number of nitrogens with zero attached hydrogens (tertiary/aromatic N) is 1. The molecular formula is C16H28N2O2S. The molecule has 2 rings (SSSR count). The summed E-state index contributed by atoms with van der Waals surface area (Å²) in [6.45, 7) is 7.76. The van der Waals surface area contributed by atoms with Crippen LogP contribution in [0.2, 0.25) is 0 Å². The largest absolute Gasteiger partial charge is 0.330 e. The second-order valence-electron chi connectivity index (χ2n) is 7.10. The monoisotopic (exact) mass is 312 g/mol. The molecule has 5 heteroatoms. The van der Waals surface area contributed by atoms with Gasteiger partial charge in [0.1, 0.15) is 0 Å². The fraction of sp³-hybridized carbons (Fsp3) is 0.875. The van der Waals surface area contributed by atoms with Crippen LogP contribution in [0.15, 0.2) is 0 Å². The second kappa shape index (κ2) is 6.69. The van der Waals surface area contributed by atoms with Crippen molar-refractivity contribution in [2.45, 2.75) is 58.5 Å². The number of Topliss-reactive ketones (excluding diaryl/α,β-unsaturated/α-hetero) is 1. The van der Waals surface area contributed by atoms with Gasteiger partial charge in [-0.2, -0.15) is 12.6 Å². The van der Waals surface area contributed by atoms with E-state index in [2.05, 4.69) is 31.8 Å². The van der Waals surface area contributed by atoms with Crippen LogP contribution in [0, 0.1) is 11.3 Å². The summed E-state index contributed by atoms with van der Waals surface area (Å²) in [6.07, 6.45) is 4.04. The third kappa shape index (κ3) is 3.45. The first-order valence-corrected chi connectivity index (χ1v) is 8.68. The van der Waals surface area contributed by atoms with Gasteiger partial charge in [0.2, 0.25) is 5.91 Å². The number of hydrogen-bond donors (Lipinski definition) is 2. The smallest absolute Gasteiger partial charge is 0.231 e. The lowest BCUT2D eigenvalue weighted by Gasteiger charge is -2.54. The van der Waals surface area contributed by atoms with Crippen LogP contribution in [0.1, 0.15) is 46.5 Å². The van der Waals surface area contributed by atoms with Crippen molar-refractivity contribution in [1.82, 2.24) is 10.2 Å². The Morgan fingerprint density at radius 2 is 2.05 bits per heavy atom. The first kappa shape index (κ1) is 16.8. The number of amides is 1. The van der Waals surface area contributed by atoms with Crippen molar-refractivity contribution in [3.8, 4) is 0 Å². The molecule has 0 aromatic heterocycles. The first-order chi connectivity index (χ1) is 9.89. The van der Waals surface area contributed by atoms with Crippen LogP contribution < -0.4 is 5.32 Å². The van der Waals surface area contributed by atoms with E-state index in [0.717, 1.165) is 38.8 Å². The highest BCUT2D eigenvalue weighted by molar-refractivity contribution is 7.80. The highest BCUT2D eigenvalue weighted by atomic mass is 32.1. The number of carbonyl (C=O) groups excluding carboxylic acids is 2. The highest BCUT2D eigenvalue weighted by Gasteiger charge is 2.55. The Labute approximate surface area is 133 Å². The minimum atomic E-state index is -0.330. The van der Waals surface area contributed by atoms with Crippen molar-refractivity contribution < 1.29 is 9.59 Å². The maximum Gasteiger partial charge on any atom is 0.231 e. The van der Waals surface area contributed by atoms with Gasteiger partial charge in [-0.15, -0.1) is 0 Å². The summed E-state index contributed by atoms with van der Waals surface area (Å²) < 4.78 is 0. The number of rotatable bonds is 6. The van der Waals surface area contributed by atoms with Crippen molar-refractivity contribution >= 4 is 24.3 Å². The van der Waals surface area contributed by atoms with E-state index >= 15 is 0 Å². The molecule has 1 saturated carbocycles. The van der Waals surface area contributed by atoms with E-state index < -0.39 is 0 Å². The van der Waals surface area contributed by atoms with Gasteiger partial charge in [-0.3, -0.25) is 9.59 Å². The Hall–Kier alpha value is -0.550. The molecule has 21 heavy (non-hydrogen) atoms. The van der Waals surface area contributed by atoms with Gasteiger partial charge in [0.25, 0.3) is 0 Å². The zero-order chi connectivity index (χ0) is 15.6. The van der Waals surface area contributed by atoms with Gasteiger partial charge < -0.3 is 10.2 Å². The van der Waals surface area contributed by atoms with Crippen molar-refractivity contribution in [3.63, 3.8) is 0 Å². The zero-order valence-corrected chi connectivity index (χ0v) is 14.3. The molecule has 1 unspecified atom stereocenters. The Balaban J connectivity index is 1.85. The van der Waals surface area contributed by atoms with Crippen LogP contribution in [0.5, 0.6) is 0 Å². The molecule has 120 valence electrons. The average Bonchev–Trinajstić information content (AvgIpc) is 2.45. The van der Waals surface area contributed by atoms with Crippen LogP contribution in [-0.4, -0.2) is 47.5 Å². The molecule has 1 saturated heterocycles.